The monoisotopic (exact) mass is 563 g/mol. The molecule has 0 unspecified atom stereocenters. The molecule has 1 fully saturated rings. The van der Waals surface area contributed by atoms with Crippen molar-refractivity contribution in [2.24, 2.45) is 0 Å². The molecule has 0 saturated carbocycles. The Morgan fingerprint density at radius 1 is 0.829 bits per heavy atom. The number of anilines is 2. The van der Waals surface area contributed by atoms with Crippen LogP contribution in [0.4, 0.5) is 11.4 Å². The lowest BCUT2D eigenvalue weighted by Crippen LogP contribution is -2.46. The Bertz CT molecular complexity index is 1720. The van der Waals surface area contributed by atoms with Crippen molar-refractivity contribution < 1.29 is 9.21 Å². The standard InChI is InChI=1S/C34H30ClN3O3/c35-30-22-31-28(20-25(30)23-37-16-18-38(19-17-37)27-14-8-3-9-15-27)33(24-10-4-1-5-11-24)29(34(40)41-31)21-32(39)36-26-12-6-2-7-13-26/h1-15,20,22H,16-19,21,23H2,(H,36,39). The Hall–Kier alpha value is -4.39. The van der Waals surface area contributed by atoms with E-state index in [0.29, 0.717) is 34.0 Å². The van der Waals surface area contributed by atoms with Gasteiger partial charge in [0.2, 0.25) is 5.91 Å². The summed E-state index contributed by atoms with van der Waals surface area (Å²) in [7, 11) is 0. The number of benzene rings is 4. The van der Waals surface area contributed by atoms with Crippen LogP contribution in [0.25, 0.3) is 22.1 Å². The average Bonchev–Trinajstić information content (AvgIpc) is 3.00. The minimum atomic E-state index is -0.541. The third kappa shape index (κ3) is 6.04. The number of piperazine rings is 1. The first-order valence-corrected chi connectivity index (χ1v) is 14.1. The molecular formula is C34H30ClN3O3. The number of carbonyl (C=O) groups excluding carboxylic acids is 1. The van der Waals surface area contributed by atoms with Gasteiger partial charge in [-0.3, -0.25) is 9.69 Å². The van der Waals surface area contributed by atoms with Gasteiger partial charge >= 0.3 is 5.63 Å². The number of carbonyl (C=O) groups is 1. The quantitative estimate of drug-likeness (QED) is 0.226. The number of para-hydroxylation sites is 2. The molecule has 1 aliphatic heterocycles. The number of rotatable bonds is 7. The van der Waals surface area contributed by atoms with Gasteiger partial charge in [-0.1, -0.05) is 78.3 Å². The highest BCUT2D eigenvalue weighted by atomic mass is 35.5. The van der Waals surface area contributed by atoms with Gasteiger partial charge < -0.3 is 14.6 Å². The van der Waals surface area contributed by atoms with Gasteiger partial charge in [0.05, 0.1) is 12.0 Å². The number of fused-ring (bicyclic) bond motifs is 1. The van der Waals surface area contributed by atoms with Crippen molar-refractivity contribution in [3.05, 3.63) is 130 Å². The van der Waals surface area contributed by atoms with Crippen molar-refractivity contribution >= 4 is 39.9 Å². The number of amides is 1. The van der Waals surface area contributed by atoms with Crippen LogP contribution in [0.3, 0.4) is 0 Å². The molecule has 6 nitrogen and oxygen atoms in total. The van der Waals surface area contributed by atoms with E-state index in [2.05, 4.69) is 39.4 Å². The fraction of sp³-hybridized carbons (Fsp3) is 0.176. The summed E-state index contributed by atoms with van der Waals surface area (Å²) < 4.78 is 5.75. The Labute approximate surface area is 243 Å². The van der Waals surface area contributed by atoms with Crippen LogP contribution in [0.2, 0.25) is 5.02 Å². The molecule has 206 valence electrons. The van der Waals surface area contributed by atoms with Crippen LogP contribution in [0.15, 0.2) is 112 Å². The molecule has 4 aromatic carbocycles. The molecule has 6 rings (SSSR count). The molecule has 7 heteroatoms. The summed E-state index contributed by atoms with van der Waals surface area (Å²) >= 11 is 6.75. The molecule has 0 radical (unpaired) electrons. The topological polar surface area (TPSA) is 65.8 Å². The van der Waals surface area contributed by atoms with E-state index in [0.717, 1.165) is 42.7 Å². The smallest absolute Gasteiger partial charge is 0.340 e. The van der Waals surface area contributed by atoms with E-state index in [1.54, 1.807) is 6.07 Å². The van der Waals surface area contributed by atoms with E-state index < -0.39 is 5.63 Å². The molecule has 0 atom stereocenters. The molecule has 1 saturated heterocycles. The lowest BCUT2D eigenvalue weighted by atomic mass is 9.94. The SMILES string of the molecule is O=C(Cc1c(-c2ccccc2)c2cc(CN3CCN(c4ccccc4)CC3)c(Cl)cc2oc1=O)Nc1ccccc1. The lowest BCUT2D eigenvalue weighted by Gasteiger charge is -2.36. The van der Waals surface area contributed by atoms with Crippen LogP contribution in [0.1, 0.15) is 11.1 Å². The molecule has 41 heavy (non-hydrogen) atoms. The van der Waals surface area contributed by atoms with Gasteiger partial charge in [0.15, 0.2) is 0 Å². The number of halogens is 1. The zero-order chi connectivity index (χ0) is 28.2. The van der Waals surface area contributed by atoms with Gasteiger partial charge in [-0.2, -0.15) is 0 Å². The third-order valence-electron chi connectivity index (χ3n) is 7.51. The fourth-order valence-electron chi connectivity index (χ4n) is 5.45. The van der Waals surface area contributed by atoms with E-state index in [1.165, 1.54) is 5.69 Å². The summed E-state index contributed by atoms with van der Waals surface area (Å²) in [6.07, 6.45) is -0.114. The zero-order valence-electron chi connectivity index (χ0n) is 22.6. The van der Waals surface area contributed by atoms with E-state index in [1.807, 2.05) is 72.8 Å². The molecule has 1 amide bonds. The van der Waals surface area contributed by atoms with Crippen molar-refractivity contribution in [2.75, 3.05) is 36.4 Å². The second kappa shape index (κ2) is 12.0. The van der Waals surface area contributed by atoms with E-state index >= 15 is 0 Å². The highest BCUT2D eigenvalue weighted by molar-refractivity contribution is 6.32. The molecule has 1 N–H and O–H groups in total. The lowest BCUT2D eigenvalue weighted by molar-refractivity contribution is -0.115. The Kier molecular flexibility index (Phi) is 7.85. The third-order valence-corrected chi connectivity index (χ3v) is 7.87. The van der Waals surface area contributed by atoms with Crippen LogP contribution in [-0.4, -0.2) is 37.0 Å². The summed E-state index contributed by atoms with van der Waals surface area (Å²) in [5.41, 5.74) is 4.60. The van der Waals surface area contributed by atoms with E-state index in [-0.39, 0.29) is 12.3 Å². The van der Waals surface area contributed by atoms with Crippen molar-refractivity contribution in [3.63, 3.8) is 0 Å². The predicted molar refractivity (Wildman–Crippen MR) is 166 cm³/mol. The van der Waals surface area contributed by atoms with Crippen LogP contribution >= 0.6 is 11.6 Å². The molecule has 5 aromatic rings. The van der Waals surface area contributed by atoms with E-state index in [9.17, 15) is 9.59 Å². The zero-order valence-corrected chi connectivity index (χ0v) is 23.3. The Morgan fingerprint density at radius 3 is 2.15 bits per heavy atom. The molecule has 0 bridgehead atoms. The first-order valence-electron chi connectivity index (χ1n) is 13.8. The molecule has 2 heterocycles. The van der Waals surface area contributed by atoms with Crippen LogP contribution in [-0.2, 0) is 17.8 Å². The van der Waals surface area contributed by atoms with Gasteiger partial charge in [0.1, 0.15) is 5.58 Å². The first-order chi connectivity index (χ1) is 20.0. The second-order valence-electron chi connectivity index (χ2n) is 10.2. The van der Waals surface area contributed by atoms with Gasteiger partial charge in [-0.15, -0.1) is 0 Å². The fourth-order valence-corrected chi connectivity index (χ4v) is 5.67. The Balaban J connectivity index is 1.32. The second-order valence-corrected chi connectivity index (χ2v) is 10.6. The summed E-state index contributed by atoms with van der Waals surface area (Å²) in [4.78, 5) is 31.1. The maximum Gasteiger partial charge on any atom is 0.340 e. The number of hydrogen-bond acceptors (Lipinski definition) is 5. The maximum absolute atomic E-state index is 13.3. The van der Waals surface area contributed by atoms with Crippen molar-refractivity contribution in [2.45, 2.75) is 13.0 Å². The van der Waals surface area contributed by atoms with Crippen LogP contribution < -0.4 is 15.8 Å². The highest BCUT2D eigenvalue weighted by Gasteiger charge is 2.22. The maximum atomic E-state index is 13.3. The summed E-state index contributed by atoms with van der Waals surface area (Å²) in [5.74, 6) is -0.287. The largest absolute Gasteiger partial charge is 0.422 e. The first kappa shape index (κ1) is 26.8. The number of hydrogen-bond donors (Lipinski definition) is 1. The van der Waals surface area contributed by atoms with Gasteiger partial charge in [-0.05, 0) is 41.5 Å². The highest BCUT2D eigenvalue weighted by Crippen LogP contribution is 2.34. The summed E-state index contributed by atoms with van der Waals surface area (Å²) in [6.45, 7) is 4.35. The number of nitrogens with zero attached hydrogens (tertiary/aromatic N) is 2. The van der Waals surface area contributed by atoms with Crippen LogP contribution in [0.5, 0.6) is 0 Å². The summed E-state index contributed by atoms with van der Waals surface area (Å²) in [5, 5.41) is 4.20. The van der Waals surface area contributed by atoms with Crippen molar-refractivity contribution in [1.29, 1.82) is 0 Å². The van der Waals surface area contributed by atoms with Crippen molar-refractivity contribution in [3.8, 4) is 11.1 Å². The predicted octanol–water partition coefficient (Wildman–Crippen LogP) is 6.62. The van der Waals surface area contributed by atoms with E-state index in [4.69, 9.17) is 16.0 Å². The van der Waals surface area contributed by atoms with Gasteiger partial charge in [-0.25, -0.2) is 4.79 Å². The molecular weight excluding hydrogens is 534 g/mol. The summed E-state index contributed by atoms with van der Waals surface area (Å²) in [6, 6.07) is 33.1. The van der Waals surface area contributed by atoms with Gasteiger partial charge in [0, 0.05) is 66.1 Å². The average molecular weight is 564 g/mol. The minimum absolute atomic E-state index is 0.114. The minimum Gasteiger partial charge on any atom is -0.422 e. The molecule has 1 aromatic heterocycles. The molecule has 1 aliphatic rings. The van der Waals surface area contributed by atoms with Crippen molar-refractivity contribution in [1.82, 2.24) is 4.90 Å². The number of nitrogens with one attached hydrogen (secondary N) is 1. The Morgan fingerprint density at radius 2 is 1.46 bits per heavy atom. The van der Waals surface area contributed by atoms with Crippen LogP contribution in [0, 0.1) is 0 Å². The normalized spacial score (nSPS) is 13.8. The molecule has 0 aliphatic carbocycles. The molecule has 0 spiro atoms. The van der Waals surface area contributed by atoms with Gasteiger partial charge in [0.25, 0.3) is 0 Å².